The molecule has 0 fully saturated rings. The van der Waals surface area contributed by atoms with Gasteiger partial charge in [-0.25, -0.2) is 0 Å². The first kappa shape index (κ1) is 16.0. The van der Waals surface area contributed by atoms with Crippen LogP contribution in [0.3, 0.4) is 0 Å². The Kier molecular flexibility index (Phi) is 4.22. The van der Waals surface area contributed by atoms with Crippen LogP contribution in [0.4, 0.5) is 0 Å². The molecule has 3 rings (SSSR count). The summed E-state index contributed by atoms with van der Waals surface area (Å²) < 4.78 is 1.91. The van der Waals surface area contributed by atoms with Crippen LogP contribution in [-0.4, -0.2) is 48.3 Å². The first-order valence-electron chi connectivity index (χ1n) is 7.74. The van der Waals surface area contributed by atoms with Crippen molar-refractivity contribution in [1.29, 1.82) is 0 Å². The van der Waals surface area contributed by atoms with Crippen molar-refractivity contribution in [3.8, 4) is 0 Å². The molecule has 2 amide bonds. The van der Waals surface area contributed by atoms with Crippen LogP contribution >= 0.6 is 0 Å². The van der Waals surface area contributed by atoms with Crippen molar-refractivity contribution in [2.24, 2.45) is 5.73 Å². The zero-order chi connectivity index (χ0) is 17.3. The van der Waals surface area contributed by atoms with Crippen LogP contribution in [0.1, 0.15) is 20.7 Å². The second kappa shape index (κ2) is 6.33. The number of amides is 2. The van der Waals surface area contributed by atoms with Gasteiger partial charge in [-0.2, -0.15) is 0 Å². The number of carbonyl (C=O) groups is 2. The third-order valence-corrected chi connectivity index (χ3v) is 4.00. The van der Waals surface area contributed by atoms with Gasteiger partial charge in [0, 0.05) is 30.2 Å². The van der Waals surface area contributed by atoms with E-state index in [1.807, 2.05) is 47.8 Å². The largest absolute Gasteiger partial charge is 0.366 e. The first-order chi connectivity index (χ1) is 11.5. The molecule has 0 unspecified atom stereocenters. The minimum atomic E-state index is -0.486. The lowest BCUT2D eigenvalue weighted by molar-refractivity contribution is 0.0953. The van der Waals surface area contributed by atoms with Gasteiger partial charge in [0.2, 0.25) is 5.91 Å². The Morgan fingerprint density at radius 3 is 2.67 bits per heavy atom. The van der Waals surface area contributed by atoms with Crippen LogP contribution in [0.25, 0.3) is 16.4 Å². The van der Waals surface area contributed by atoms with Gasteiger partial charge in [0.25, 0.3) is 5.91 Å². The number of nitrogens with two attached hydrogens (primary N) is 1. The summed E-state index contributed by atoms with van der Waals surface area (Å²) in [7, 11) is 3.92. The summed E-state index contributed by atoms with van der Waals surface area (Å²) in [6, 6.07) is 10.8. The van der Waals surface area contributed by atoms with Gasteiger partial charge >= 0.3 is 0 Å². The number of fused-ring (bicyclic) bond motifs is 3. The molecule has 3 aromatic rings. The Hall–Kier alpha value is -2.86. The van der Waals surface area contributed by atoms with Gasteiger partial charge in [-0.3, -0.25) is 9.59 Å². The van der Waals surface area contributed by atoms with E-state index in [-0.39, 0.29) is 5.91 Å². The van der Waals surface area contributed by atoms with Crippen molar-refractivity contribution in [2.75, 3.05) is 27.2 Å². The van der Waals surface area contributed by atoms with E-state index in [0.29, 0.717) is 17.7 Å². The number of primary amides is 1. The molecular formula is C18H20N4O2. The van der Waals surface area contributed by atoms with Gasteiger partial charge in [0.05, 0.1) is 16.6 Å². The molecular weight excluding hydrogens is 304 g/mol. The fraction of sp³-hybridized carbons (Fsp3) is 0.222. The Morgan fingerprint density at radius 2 is 1.96 bits per heavy atom. The predicted octanol–water partition coefficient (Wildman–Crippen LogP) is 1.48. The third kappa shape index (κ3) is 2.83. The second-order valence-corrected chi connectivity index (χ2v) is 5.99. The van der Waals surface area contributed by atoms with Crippen LogP contribution in [0, 0.1) is 0 Å². The normalized spacial score (nSPS) is 11.3. The van der Waals surface area contributed by atoms with Crippen molar-refractivity contribution in [3.63, 3.8) is 0 Å². The number of hydrogen-bond donors (Lipinski definition) is 2. The summed E-state index contributed by atoms with van der Waals surface area (Å²) in [4.78, 5) is 26.2. The summed E-state index contributed by atoms with van der Waals surface area (Å²) in [6.45, 7) is 1.33. The highest BCUT2D eigenvalue weighted by molar-refractivity contribution is 6.14. The van der Waals surface area contributed by atoms with E-state index in [4.69, 9.17) is 5.73 Å². The van der Waals surface area contributed by atoms with Crippen molar-refractivity contribution in [1.82, 2.24) is 14.6 Å². The lowest BCUT2D eigenvalue weighted by Crippen LogP contribution is -2.31. The van der Waals surface area contributed by atoms with Crippen molar-refractivity contribution >= 4 is 28.2 Å². The van der Waals surface area contributed by atoms with E-state index in [1.165, 1.54) is 0 Å². The minimum absolute atomic E-state index is 0.123. The number of nitrogens with one attached hydrogen (secondary N) is 1. The Bertz CT molecular complexity index is 927. The SMILES string of the molecule is CN(C)CCNC(=O)c1c2ccc(C(N)=O)cc2n2ccccc12. The molecule has 24 heavy (non-hydrogen) atoms. The number of rotatable bonds is 5. The molecule has 0 spiro atoms. The quantitative estimate of drug-likeness (QED) is 0.746. The number of pyridine rings is 1. The fourth-order valence-corrected chi connectivity index (χ4v) is 2.81. The Morgan fingerprint density at radius 1 is 1.17 bits per heavy atom. The lowest BCUT2D eigenvalue weighted by atomic mass is 10.1. The molecule has 6 nitrogen and oxygen atoms in total. The molecule has 0 aliphatic rings. The zero-order valence-electron chi connectivity index (χ0n) is 13.7. The molecule has 0 aliphatic carbocycles. The van der Waals surface area contributed by atoms with Crippen molar-refractivity contribution < 1.29 is 9.59 Å². The van der Waals surface area contributed by atoms with Gasteiger partial charge < -0.3 is 20.4 Å². The number of benzene rings is 1. The second-order valence-electron chi connectivity index (χ2n) is 5.99. The zero-order valence-corrected chi connectivity index (χ0v) is 13.7. The molecule has 0 aliphatic heterocycles. The molecule has 2 heterocycles. The molecule has 6 heteroatoms. The highest BCUT2D eigenvalue weighted by Gasteiger charge is 2.18. The number of hydrogen-bond acceptors (Lipinski definition) is 3. The third-order valence-electron chi connectivity index (χ3n) is 4.00. The maximum Gasteiger partial charge on any atom is 0.254 e. The molecule has 0 atom stereocenters. The lowest BCUT2D eigenvalue weighted by Gasteiger charge is -2.10. The molecule has 2 aromatic heterocycles. The maximum atomic E-state index is 12.7. The van der Waals surface area contributed by atoms with Gasteiger partial charge in [-0.15, -0.1) is 0 Å². The number of nitrogens with zero attached hydrogens (tertiary/aromatic N) is 2. The fourth-order valence-electron chi connectivity index (χ4n) is 2.81. The molecule has 1 aromatic carbocycles. The van der Waals surface area contributed by atoms with Crippen LogP contribution < -0.4 is 11.1 Å². The number of aromatic nitrogens is 1. The summed E-state index contributed by atoms with van der Waals surface area (Å²) in [5, 5.41) is 3.75. The standard InChI is InChI=1S/C18H20N4O2/c1-21(2)10-8-20-18(24)16-13-7-6-12(17(19)23)11-15(13)22-9-4-3-5-14(16)22/h3-7,9,11H,8,10H2,1-2H3,(H2,19,23)(H,20,24). The summed E-state index contributed by atoms with van der Waals surface area (Å²) >= 11 is 0. The first-order valence-corrected chi connectivity index (χ1v) is 7.74. The maximum absolute atomic E-state index is 12.7. The van der Waals surface area contributed by atoms with Gasteiger partial charge in [-0.1, -0.05) is 12.1 Å². The highest BCUT2D eigenvalue weighted by Crippen LogP contribution is 2.27. The van der Waals surface area contributed by atoms with E-state index in [9.17, 15) is 9.59 Å². The monoisotopic (exact) mass is 324 g/mol. The number of carbonyl (C=O) groups excluding carboxylic acids is 2. The summed E-state index contributed by atoms with van der Waals surface area (Å²) in [5.41, 5.74) is 8.00. The van der Waals surface area contributed by atoms with Gasteiger partial charge in [-0.05, 0) is 38.4 Å². The number of likely N-dealkylation sites (N-methyl/N-ethyl adjacent to an activating group) is 1. The van der Waals surface area contributed by atoms with Gasteiger partial charge in [0.15, 0.2) is 0 Å². The van der Waals surface area contributed by atoms with E-state index < -0.39 is 5.91 Å². The average molecular weight is 324 g/mol. The average Bonchev–Trinajstić information content (AvgIpc) is 2.88. The topological polar surface area (TPSA) is 79.8 Å². The van der Waals surface area contributed by atoms with Crippen LogP contribution in [-0.2, 0) is 0 Å². The molecule has 0 bridgehead atoms. The smallest absolute Gasteiger partial charge is 0.254 e. The predicted molar refractivity (Wildman–Crippen MR) is 94.3 cm³/mol. The molecule has 0 saturated heterocycles. The summed E-state index contributed by atoms with van der Waals surface area (Å²) in [6.07, 6.45) is 1.87. The van der Waals surface area contributed by atoms with Crippen LogP contribution in [0.2, 0.25) is 0 Å². The van der Waals surface area contributed by atoms with Crippen molar-refractivity contribution in [3.05, 3.63) is 53.7 Å². The van der Waals surface area contributed by atoms with E-state index in [2.05, 4.69) is 5.32 Å². The van der Waals surface area contributed by atoms with Crippen molar-refractivity contribution in [2.45, 2.75) is 0 Å². The molecule has 0 saturated carbocycles. The summed E-state index contributed by atoms with van der Waals surface area (Å²) in [5.74, 6) is -0.609. The van der Waals surface area contributed by atoms with Gasteiger partial charge in [0.1, 0.15) is 0 Å². The van der Waals surface area contributed by atoms with E-state index in [0.717, 1.165) is 23.0 Å². The molecule has 3 N–H and O–H groups in total. The minimum Gasteiger partial charge on any atom is -0.366 e. The highest BCUT2D eigenvalue weighted by atomic mass is 16.2. The van der Waals surface area contributed by atoms with Crippen LogP contribution in [0.15, 0.2) is 42.6 Å². The molecule has 124 valence electrons. The van der Waals surface area contributed by atoms with Crippen LogP contribution in [0.5, 0.6) is 0 Å². The van der Waals surface area contributed by atoms with E-state index in [1.54, 1.807) is 18.2 Å². The Balaban J connectivity index is 2.11. The Labute approximate surface area is 139 Å². The van der Waals surface area contributed by atoms with E-state index >= 15 is 0 Å². The molecule has 0 radical (unpaired) electrons.